The Morgan fingerprint density at radius 1 is 1.07 bits per heavy atom. The minimum Gasteiger partial charge on any atom is -0.379 e. The van der Waals surface area contributed by atoms with Crippen molar-refractivity contribution in [2.24, 2.45) is 0 Å². The zero-order valence-electron chi connectivity index (χ0n) is 9.49. The van der Waals surface area contributed by atoms with Gasteiger partial charge in [0.15, 0.2) is 0 Å². The van der Waals surface area contributed by atoms with Crippen molar-refractivity contribution >= 4 is 9.53 Å². The minimum absolute atomic E-state index is 0.602. The van der Waals surface area contributed by atoms with Crippen molar-refractivity contribution in [3.8, 4) is 0 Å². The van der Waals surface area contributed by atoms with Crippen LogP contribution in [0.25, 0.3) is 0 Å². The first kappa shape index (κ1) is 13.8. The lowest BCUT2D eigenvalue weighted by Crippen LogP contribution is -2.23. The summed E-state index contributed by atoms with van der Waals surface area (Å²) in [6, 6.07) is 0. The molecule has 0 rings (SSSR count). The second kappa shape index (κ2) is 10.9. The van der Waals surface area contributed by atoms with Gasteiger partial charge in [-0.2, -0.15) is 0 Å². The van der Waals surface area contributed by atoms with Crippen LogP contribution in [0.2, 0.25) is 0 Å². The quantitative estimate of drug-likeness (QED) is 0.337. The standard InChI is InChI=1S/C10H22O3Si/c1-4-5-6-7-8-9-10-13-14(11-2)12-3/h8-9,14H,4-7,10H2,1-3H3. The summed E-state index contributed by atoms with van der Waals surface area (Å²) < 4.78 is 15.4. The average molecular weight is 218 g/mol. The van der Waals surface area contributed by atoms with Gasteiger partial charge < -0.3 is 13.3 Å². The fourth-order valence-corrected chi connectivity index (χ4v) is 1.80. The van der Waals surface area contributed by atoms with Crippen LogP contribution in [0.15, 0.2) is 12.2 Å². The molecule has 0 unspecified atom stereocenters. The zero-order valence-corrected chi connectivity index (χ0v) is 10.6. The van der Waals surface area contributed by atoms with Crippen LogP contribution in [0, 0.1) is 0 Å². The largest absolute Gasteiger partial charge is 0.483 e. The lowest BCUT2D eigenvalue weighted by atomic mass is 10.2. The SMILES string of the molecule is CCCCCC=CCO[SiH](OC)OC. The fraction of sp³-hybridized carbons (Fsp3) is 0.800. The van der Waals surface area contributed by atoms with Gasteiger partial charge in [-0.1, -0.05) is 31.9 Å². The van der Waals surface area contributed by atoms with E-state index in [4.69, 9.17) is 13.3 Å². The molecule has 3 nitrogen and oxygen atoms in total. The molecule has 0 aliphatic heterocycles. The van der Waals surface area contributed by atoms with Crippen LogP contribution in [0.4, 0.5) is 0 Å². The average Bonchev–Trinajstić information content (AvgIpc) is 2.22. The lowest BCUT2D eigenvalue weighted by molar-refractivity contribution is 0.148. The highest BCUT2D eigenvalue weighted by Gasteiger charge is 2.08. The summed E-state index contributed by atoms with van der Waals surface area (Å²) in [5, 5.41) is 0. The van der Waals surface area contributed by atoms with E-state index in [9.17, 15) is 0 Å². The summed E-state index contributed by atoms with van der Waals surface area (Å²) in [4.78, 5) is 0. The summed E-state index contributed by atoms with van der Waals surface area (Å²) in [7, 11) is 1.42. The van der Waals surface area contributed by atoms with Gasteiger partial charge in [-0.25, -0.2) is 0 Å². The maximum atomic E-state index is 5.35. The molecule has 0 atom stereocenters. The van der Waals surface area contributed by atoms with Crippen LogP contribution in [0.1, 0.15) is 32.6 Å². The van der Waals surface area contributed by atoms with Gasteiger partial charge >= 0.3 is 9.53 Å². The maximum absolute atomic E-state index is 5.35. The van der Waals surface area contributed by atoms with Gasteiger partial charge in [0.1, 0.15) is 0 Å². The molecular formula is C10H22O3Si. The Kier molecular flexibility index (Phi) is 10.8. The van der Waals surface area contributed by atoms with Crippen molar-refractivity contribution in [3.05, 3.63) is 12.2 Å². The van der Waals surface area contributed by atoms with E-state index in [1.807, 2.05) is 6.08 Å². The second-order valence-corrected chi connectivity index (χ2v) is 4.91. The van der Waals surface area contributed by atoms with Gasteiger partial charge in [0.05, 0.1) is 6.61 Å². The molecule has 0 bridgehead atoms. The summed E-state index contributed by atoms with van der Waals surface area (Å²) >= 11 is 0. The topological polar surface area (TPSA) is 27.7 Å². The molecule has 0 heterocycles. The molecule has 84 valence electrons. The molecule has 0 radical (unpaired) electrons. The smallest absolute Gasteiger partial charge is 0.379 e. The van der Waals surface area contributed by atoms with Crippen LogP contribution in [0.3, 0.4) is 0 Å². The van der Waals surface area contributed by atoms with Crippen molar-refractivity contribution in [2.45, 2.75) is 32.6 Å². The van der Waals surface area contributed by atoms with Crippen molar-refractivity contribution < 1.29 is 13.3 Å². The van der Waals surface area contributed by atoms with E-state index in [1.165, 1.54) is 19.3 Å². The van der Waals surface area contributed by atoms with E-state index in [0.717, 1.165) is 6.42 Å². The first-order valence-electron chi connectivity index (χ1n) is 5.17. The number of hydrogen-bond acceptors (Lipinski definition) is 3. The Labute approximate surface area is 89.0 Å². The van der Waals surface area contributed by atoms with Gasteiger partial charge in [0, 0.05) is 14.2 Å². The molecule has 0 aliphatic carbocycles. The zero-order chi connectivity index (χ0) is 10.6. The summed E-state index contributed by atoms with van der Waals surface area (Å²) in [5.74, 6) is 0. The first-order chi connectivity index (χ1) is 6.85. The number of rotatable bonds is 9. The van der Waals surface area contributed by atoms with Crippen molar-refractivity contribution in [3.63, 3.8) is 0 Å². The highest BCUT2D eigenvalue weighted by Crippen LogP contribution is 1.99. The van der Waals surface area contributed by atoms with Gasteiger partial charge in [-0.05, 0) is 12.8 Å². The molecule has 0 aromatic heterocycles. The molecule has 0 N–H and O–H groups in total. The predicted octanol–water partition coefficient (Wildman–Crippen LogP) is 2.15. The molecule has 0 saturated heterocycles. The maximum Gasteiger partial charge on any atom is 0.483 e. The van der Waals surface area contributed by atoms with E-state index in [2.05, 4.69) is 13.0 Å². The lowest BCUT2D eigenvalue weighted by Gasteiger charge is -2.08. The fourth-order valence-electron chi connectivity index (χ4n) is 1.06. The van der Waals surface area contributed by atoms with Crippen molar-refractivity contribution in [1.29, 1.82) is 0 Å². The van der Waals surface area contributed by atoms with Crippen LogP contribution in [-0.4, -0.2) is 30.4 Å². The third kappa shape index (κ3) is 8.44. The molecule has 0 saturated carbocycles. The number of unbranched alkanes of at least 4 members (excludes halogenated alkanes) is 3. The van der Waals surface area contributed by atoms with Gasteiger partial charge in [-0.3, -0.25) is 0 Å². The molecule has 14 heavy (non-hydrogen) atoms. The van der Waals surface area contributed by atoms with Crippen LogP contribution in [0.5, 0.6) is 0 Å². The van der Waals surface area contributed by atoms with Gasteiger partial charge in [-0.15, -0.1) is 0 Å². The Bertz CT molecular complexity index is 135. The van der Waals surface area contributed by atoms with Gasteiger partial charge in [0.2, 0.25) is 0 Å². The normalized spacial score (nSPS) is 11.7. The molecule has 0 aromatic rings. The Morgan fingerprint density at radius 3 is 2.36 bits per heavy atom. The Balaban J connectivity index is 3.25. The Hall–Kier alpha value is -0.163. The number of allylic oxidation sites excluding steroid dienone is 1. The van der Waals surface area contributed by atoms with E-state index >= 15 is 0 Å². The van der Waals surface area contributed by atoms with Crippen LogP contribution >= 0.6 is 0 Å². The summed E-state index contributed by atoms with van der Waals surface area (Å²) in [6.45, 7) is 2.81. The molecule has 4 heteroatoms. The third-order valence-corrected chi connectivity index (χ3v) is 3.09. The predicted molar refractivity (Wildman–Crippen MR) is 60.4 cm³/mol. The van der Waals surface area contributed by atoms with E-state index in [-0.39, 0.29) is 0 Å². The monoisotopic (exact) mass is 218 g/mol. The second-order valence-electron chi connectivity index (χ2n) is 3.06. The third-order valence-electron chi connectivity index (χ3n) is 1.85. The number of hydrogen-bond donors (Lipinski definition) is 0. The molecule has 0 aliphatic rings. The molecule has 0 aromatic carbocycles. The van der Waals surface area contributed by atoms with E-state index in [1.54, 1.807) is 14.2 Å². The molecule has 0 fully saturated rings. The van der Waals surface area contributed by atoms with Crippen LogP contribution < -0.4 is 0 Å². The van der Waals surface area contributed by atoms with E-state index in [0.29, 0.717) is 6.61 Å². The van der Waals surface area contributed by atoms with Gasteiger partial charge in [0.25, 0.3) is 0 Å². The summed E-state index contributed by atoms with van der Waals surface area (Å²) in [6.07, 6.45) is 9.18. The van der Waals surface area contributed by atoms with Crippen molar-refractivity contribution in [1.82, 2.24) is 0 Å². The molecule has 0 amide bonds. The minimum atomic E-state index is -1.81. The molecule has 0 spiro atoms. The summed E-state index contributed by atoms with van der Waals surface area (Å²) in [5.41, 5.74) is 0. The molecular weight excluding hydrogens is 196 g/mol. The van der Waals surface area contributed by atoms with Crippen molar-refractivity contribution in [2.75, 3.05) is 20.8 Å². The highest BCUT2D eigenvalue weighted by molar-refractivity contribution is 6.36. The Morgan fingerprint density at radius 2 is 1.79 bits per heavy atom. The van der Waals surface area contributed by atoms with Crippen LogP contribution in [-0.2, 0) is 13.3 Å². The highest BCUT2D eigenvalue weighted by atomic mass is 28.3. The first-order valence-corrected chi connectivity index (χ1v) is 6.58. The van der Waals surface area contributed by atoms with E-state index < -0.39 is 9.53 Å².